The highest BCUT2D eigenvalue weighted by molar-refractivity contribution is 4.71. The molecule has 0 aliphatic rings. The van der Waals surface area contributed by atoms with Crippen molar-refractivity contribution in [3.8, 4) is 0 Å². The van der Waals surface area contributed by atoms with Gasteiger partial charge in [-0.3, -0.25) is 5.73 Å². The van der Waals surface area contributed by atoms with Crippen molar-refractivity contribution in [1.82, 2.24) is 0 Å². The lowest BCUT2D eigenvalue weighted by atomic mass is 10.1. The van der Waals surface area contributed by atoms with Crippen LogP contribution in [0.15, 0.2) is 0 Å². The summed E-state index contributed by atoms with van der Waals surface area (Å²) in [5, 5.41) is 17.3. The van der Waals surface area contributed by atoms with Crippen LogP contribution in [0, 0.1) is 0 Å². The van der Waals surface area contributed by atoms with E-state index >= 15 is 0 Å². The molecule has 1 atom stereocenters. The molecule has 1 unspecified atom stereocenters. The maximum Gasteiger partial charge on any atom is 0.235 e. The first-order valence-electron chi connectivity index (χ1n) is 2.97. The van der Waals surface area contributed by atoms with Crippen molar-refractivity contribution >= 4 is 0 Å². The number of hydrogen-bond donors (Lipinski definition) is 4. The Morgan fingerprint density at radius 1 is 1.56 bits per heavy atom. The van der Waals surface area contributed by atoms with Crippen LogP contribution >= 0.6 is 0 Å². The number of hydrogen-bond acceptors (Lipinski definition) is 4. The Labute approximate surface area is 54.5 Å². The van der Waals surface area contributed by atoms with Gasteiger partial charge >= 0.3 is 0 Å². The largest absolute Gasteiger partial charge is 0.352 e. The Morgan fingerprint density at radius 3 is 2.11 bits per heavy atom. The van der Waals surface area contributed by atoms with E-state index in [1.165, 1.54) is 0 Å². The van der Waals surface area contributed by atoms with E-state index < -0.39 is 12.0 Å². The fourth-order valence-electron chi connectivity index (χ4n) is 0.523. The maximum atomic E-state index is 8.63. The van der Waals surface area contributed by atoms with Gasteiger partial charge in [-0.2, -0.15) is 0 Å². The third-order valence-electron chi connectivity index (χ3n) is 1.15. The van der Waals surface area contributed by atoms with Crippen LogP contribution in [-0.4, -0.2) is 22.2 Å². The second-order valence-corrected chi connectivity index (χ2v) is 2.18. The SMILES string of the molecule is CCCC(N)C(N)(O)O. The molecule has 9 heavy (non-hydrogen) atoms. The first-order chi connectivity index (χ1) is 3.98. The van der Waals surface area contributed by atoms with Gasteiger partial charge in [-0.05, 0) is 6.42 Å². The Morgan fingerprint density at radius 2 is 2.00 bits per heavy atom. The molecule has 0 spiro atoms. The van der Waals surface area contributed by atoms with Gasteiger partial charge in [0.1, 0.15) is 0 Å². The van der Waals surface area contributed by atoms with Crippen molar-refractivity contribution in [1.29, 1.82) is 0 Å². The molecule has 0 aliphatic heterocycles. The minimum absolute atomic E-state index is 0.517. The van der Waals surface area contributed by atoms with Crippen LogP contribution in [0.25, 0.3) is 0 Å². The molecule has 0 aromatic heterocycles. The highest BCUT2D eigenvalue weighted by Crippen LogP contribution is 2.01. The number of aliphatic hydroxyl groups is 2. The van der Waals surface area contributed by atoms with E-state index in [0.29, 0.717) is 6.42 Å². The van der Waals surface area contributed by atoms with Crippen LogP contribution < -0.4 is 11.5 Å². The lowest BCUT2D eigenvalue weighted by molar-refractivity contribution is -0.172. The van der Waals surface area contributed by atoms with Gasteiger partial charge in [-0.25, -0.2) is 0 Å². The molecule has 56 valence electrons. The first kappa shape index (κ1) is 8.84. The van der Waals surface area contributed by atoms with Crippen LogP contribution in [0.2, 0.25) is 0 Å². The van der Waals surface area contributed by atoms with E-state index in [-0.39, 0.29) is 0 Å². The van der Waals surface area contributed by atoms with Crippen molar-refractivity contribution in [2.75, 3.05) is 0 Å². The first-order valence-corrected chi connectivity index (χ1v) is 2.97. The molecule has 4 nitrogen and oxygen atoms in total. The second kappa shape index (κ2) is 3.12. The average Bonchev–Trinajstić information content (AvgIpc) is 1.64. The molecule has 0 aromatic rings. The summed E-state index contributed by atoms with van der Waals surface area (Å²) >= 11 is 0. The minimum Gasteiger partial charge on any atom is -0.352 e. The molecule has 0 heterocycles. The highest BCUT2D eigenvalue weighted by Gasteiger charge is 2.24. The van der Waals surface area contributed by atoms with E-state index in [4.69, 9.17) is 21.7 Å². The molecule has 0 bridgehead atoms. The van der Waals surface area contributed by atoms with Crippen LogP contribution in [0.3, 0.4) is 0 Å². The monoisotopic (exact) mass is 134 g/mol. The van der Waals surface area contributed by atoms with Gasteiger partial charge in [0.2, 0.25) is 5.91 Å². The lowest BCUT2D eigenvalue weighted by Crippen LogP contribution is -2.55. The van der Waals surface area contributed by atoms with Gasteiger partial charge in [0.25, 0.3) is 0 Å². The van der Waals surface area contributed by atoms with E-state index in [1.54, 1.807) is 0 Å². The Balaban J connectivity index is 3.59. The van der Waals surface area contributed by atoms with Crippen LogP contribution in [0.5, 0.6) is 0 Å². The third-order valence-corrected chi connectivity index (χ3v) is 1.15. The third kappa shape index (κ3) is 3.42. The lowest BCUT2D eigenvalue weighted by Gasteiger charge is -2.22. The molecule has 0 rings (SSSR count). The summed E-state index contributed by atoms with van der Waals surface area (Å²) in [6.45, 7) is 1.89. The van der Waals surface area contributed by atoms with E-state index in [9.17, 15) is 0 Å². The van der Waals surface area contributed by atoms with E-state index in [0.717, 1.165) is 6.42 Å². The quantitative estimate of drug-likeness (QED) is 0.361. The fraction of sp³-hybridized carbons (Fsp3) is 1.00. The molecule has 0 saturated carbocycles. The zero-order chi connectivity index (χ0) is 7.49. The Kier molecular flexibility index (Phi) is 3.07. The van der Waals surface area contributed by atoms with Crippen molar-refractivity contribution in [3.63, 3.8) is 0 Å². The molecule has 0 aliphatic carbocycles. The summed E-state index contributed by atoms with van der Waals surface area (Å²) in [5.74, 6) is -2.21. The van der Waals surface area contributed by atoms with Gasteiger partial charge in [0.05, 0.1) is 6.04 Å². The maximum absolute atomic E-state index is 8.63. The molecule has 4 heteroatoms. The fourth-order valence-corrected chi connectivity index (χ4v) is 0.523. The molecule has 0 aromatic carbocycles. The molecular weight excluding hydrogens is 120 g/mol. The molecular formula is C5H14N2O2. The standard InChI is InChI=1S/C5H14N2O2/c1-2-3-4(6)5(7,8)9/h4,8-9H,2-3,6-7H2,1H3. The predicted molar refractivity (Wildman–Crippen MR) is 34.2 cm³/mol. The number of rotatable bonds is 3. The summed E-state index contributed by atoms with van der Waals surface area (Å²) in [4.78, 5) is 0. The van der Waals surface area contributed by atoms with Crippen LogP contribution in [0.1, 0.15) is 19.8 Å². The molecule has 6 N–H and O–H groups in total. The van der Waals surface area contributed by atoms with Crippen LogP contribution in [0.4, 0.5) is 0 Å². The van der Waals surface area contributed by atoms with Crippen molar-refractivity contribution in [2.45, 2.75) is 31.7 Å². The zero-order valence-corrected chi connectivity index (χ0v) is 5.54. The van der Waals surface area contributed by atoms with Crippen molar-refractivity contribution in [2.24, 2.45) is 11.5 Å². The van der Waals surface area contributed by atoms with Gasteiger partial charge in [0.15, 0.2) is 0 Å². The normalized spacial score (nSPS) is 15.7. The highest BCUT2D eigenvalue weighted by atomic mass is 16.5. The van der Waals surface area contributed by atoms with Gasteiger partial charge in [-0.1, -0.05) is 13.3 Å². The summed E-state index contributed by atoms with van der Waals surface area (Å²) in [7, 11) is 0. The summed E-state index contributed by atoms with van der Waals surface area (Å²) in [6.07, 6.45) is 1.31. The Bertz CT molecular complexity index is 79.5. The summed E-state index contributed by atoms with van der Waals surface area (Å²) in [6, 6.07) is -0.748. The van der Waals surface area contributed by atoms with Gasteiger partial charge in [-0.15, -0.1) is 0 Å². The summed E-state index contributed by atoms with van der Waals surface area (Å²) < 4.78 is 0. The average molecular weight is 134 g/mol. The second-order valence-electron chi connectivity index (χ2n) is 2.18. The number of nitrogens with two attached hydrogens (primary N) is 2. The Hall–Kier alpha value is -0.160. The molecule has 0 saturated heterocycles. The topological polar surface area (TPSA) is 92.5 Å². The molecule has 0 fully saturated rings. The van der Waals surface area contributed by atoms with E-state index in [2.05, 4.69) is 0 Å². The predicted octanol–water partition coefficient (Wildman–Crippen LogP) is -1.29. The molecule has 0 radical (unpaired) electrons. The van der Waals surface area contributed by atoms with Crippen molar-refractivity contribution in [3.05, 3.63) is 0 Å². The molecule has 0 amide bonds. The minimum atomic E-state index is -2.21. The van der Waals surface area contributed by atoms with Gasteiger partial charge in [0, 0.05) is 0 Å². The van der Waals surface area contributed by atoms with Gasteiger partial charge < -0.3 is 15.9 Å². The zero-order valence-electron chi connectivity index (χ0n) is 5.54. The summed E-state index contributed by atoms with van der Waals surface area (Å²) in [5.41, 5.74) is 10.1. The van der Waals surface area contributed by atoms with Crippen LogP contribution in [-0.2, 0) is 0 Å². The smallest absolute Gasteiger partial charge is 0.235 e. The van der Waals surface area contributed by atoms with E-state index in [1.807, 2.05) is 6.92 Å². The van der Waals surface area contributed by atoms with Crippen molar-refractivity contribution < 1.29 is 10.2 Å².